The summed E-state index contributed by atoms with van der Waals surface area (Å²) in [5.41, 5.74) is 7.31. The maximum Gasteiger partial charge on any atom is 0.261 e. The average molecular weight is 601 g/mol. The van der Waals surface area contributed by atoms with Crippen molar-refractivity contribution in [3.8, 4) is 11.1 Å². The molecule has 0 radical (unpaired) electrons. The van der Waals surface area contributed by atoms with E-state index < -0.39 is 10.1 Å². The molecule has 1 amide bonds. The maximum atomic E-state index is 12.8. The zero-order valence-electron chi connectivity index (χ0n) is 23.2. The number of fused-ring (bicyclic) bond motifs is 1. The molecular formula is C28H33ClN6O5S. The molecule has 3 aromatic carbocycles. The summed E-state index contributed by atoms with van der Waals surface area (Å²) in [5, 5.41) is 12.6. The zero-order chi connectivity index (χ0) is 29.0. The van der Waals surface area contributed by atoms with E-state index in [1.807, 2.05) is 59.5 Å². The van der Waals surface area contributed by atoms with Gasteiger partial charge in [0.1, 0.15) is 5.52 Å². The summed E-state index contributed by atoms with van der Waals surface area (Å²) in [6.07, 6.45) is 0.715. The Kier molecular flexibility index (Phi) is 10.3. The number of carbonyl (C=O) groups excluding carboxylic acids is 1. The van der Waals surface area contributed by atoms with Crippen LogP contribution in [0.3, 0.4) is 0 Å². The van der Waals surface area contributed by atoms with Crippen molar-refractivity contribution in [1.29, 1.82) is 0 Å². The summed E-state index contributed by atoms with van der Waals surface area (Å²) < 4.78 is 25.9. The van der Waals surface area contributed by atoms with Gasteiger partial charge in [0.05, 0.1) is 11.8 Å². The molecule has 1 aliphatic heterocycles. The zero-order valence-corrected chi connectivity index (χ0v) is 24.8. The molecule has 4 aromatic rings. The van der Waals surface area contributed by atoms with Crippen LogP contribution in [0.5, 0.6) is 0 Å². The fourth-order valence-electron chi connectivity index (χ4n) is 4.33. The number of anilines is 2. The van der Waals surface area contributed by atoms with Gasteiger partial charge < -0.3 is 20.6 Å². The van der Waals surface area contributed by atoms with Crippen LogP contribution < -0.4 is 5.32 Å². The Labute approximate surface area is 244 Å². The highest BCUT2D eigenvalue weighted by Gasteiger charge is 2.20. The Morgan fingerprint density at radius 1 is 0.902 bits per heavy atom. The molecule has 0 bridgehead atoms. The van der Waals surface area contributed by atoms with Crippen LogP contribution in [-0.2, 0) is 10.1 Å². The lowest BCUT2D eigenvalue weighted by atomic mass is 9.96. The second kappa shape index (κ2) is 13.3. The van der Waals surface area contributed by atoms with Crippen molar-refractivity contribution in [3.05, 3.63) is 76.3 Å². The van der Waals surface area contributed by atoms with Gasteiger partial charge in [-0.1, -0.05) is 17.7 Å². The normalized spacial score (nSPS) is 13.7. The smallest absolute Gasteiger partial charge is 0.261 e. The standard InChI is InChI=1S/C27H27ClN6O.CH4O3S.H2O/c1-17-4-7-20(28)15-22(17)23-16-25-24(14-18(23)2)30-27(32-31-25)29-21-8-5-19(6-9-21)26(35)34-12-10-33(3)11-13-34;1-5(2,3)4;/h4-9,14-16H,10-13H2,1-3H3,(H,29,30,32);1H3,(H,2,3,4);1H2. The molecule has 0 spiro atoms. The molecule has 1 aromatic heterocycles. The summed E-state index contributed by atoms with van der Waals surface area (Å²) in [7, 11) is -1.59. The quantitative estimate of drug-likeness (QED) is 0.332. The van der Waals surface area contributed by atoms with Crippen LogP contribution in [0.2, 0.25) is 5.02 Å². The van der Waals surface area contributed by atoms with Crippen molar-refractivity contribution in [1.82, 2.24) is 25.0 Å². The molecule has 1 aliphatic rings. The van der Waals surface area contributed by atoms with E-state index >= 15 is 0 Å². The molecule has 11 nitrogen and oxygen atoms in total. The number of amides is 1. The Balaban J connectivity index is 0.000000711. The van der Waals surface area contributed by atoms with Crippen LogP contribution in [0, 0.1) is 13.8 Å². The number of piperazine rings is 1. The van der Waals surface area contributed by atoms with E-state index in [9.17, 15) is 13.2 Å². The number of nitrogens with zero attached hydrogens (tertiary/aromatic N) is 5. The molecule has 218 valence electrons. The third kappa shape index (κ3) is 8.65. The maximum absolute atomic E-state index is 12.8. The Morgan fingerprint density at radius 3 is 2.15 bits per heavy atom. The summed E-state index contributed by atoms with van der Waals surface area (Å²) in [6.45, 7) is 7.43. The van der Waals surface area contributed by atoms with Gasteiger partial charge in [-0.25, -0.2) is 4.98 Å². The SMILES string of the molecule is CS(=O)(=O)O.Cc1ccc(Cl)cc1-c1cc2nnc(Nc3ccc(C(=O)N4CCN(C)CC4)cc3)nc2cc1C.O. The minimum atomic E-state index is -3.67. The first-order valence-corrected chi connectivity index (χ1v) is 14.8. The topological polar surface area (TPSA) is 160 Å². The summed E-state index contributed by atoms with van der Waals surface area (Å²) in [6, 6.07) is 17.3. The fraction of sp³-hybridized carbons (Fsp3) is 0.286. The van der Waals surface area contributed by atoms with E-state index in [4.69, 9.17) is 16.2 Å². The predicted molar refractivity (Wildman–Crippen MR) is 161 cm³/mol. The predicted octanol–water partition coefficient (Wildman–Crippen LogP) is 3.77. The number of hydrogen-bond donors (Lipinski definition) is 2. The number of rotatable bonds is 4. The first-order chi connectivity index (χ1) is 18.9. The largest absolute Gasteiger partial charge is 0.412 e. The van der Waals surface area contributed by atoms with Crippen molar-refractivity contribution in [2.75, 3.05) is 44.8 Å². The molecular weight excluding hydrogens is 568 g/mol. The first kappa shape index (κ1) is 31.8. The van der Waals surface area contributed by atoms with Crippen molar-refractivity contribution < 1.29 is 23.2 Å². The molecule has 1 saturated heterocycles. The van der Waals surface area contributed by atoms with Gasteiger partial charge in [0.15, 0.2) is 0 Å². The Morgan fingerprint density at radius 2 is 1.51 bits per heavy atom. The summed E-state index contributed by atoms with van der Waals surface area (Å²) >= 11 is 6.24. The molecule has 5 rings (SSSR count). The highest BCUT2D eigenvalue weighted by Crippen LogP contribution is 2.31. The van der Waals surface area contributed by atoms with E-state index in [-0.39, 0.29) is 11.4 Å². The molecule has 0 aliphatic carbocycles. The molecule has 0 saturated carbocycles. The van der Waals surface area contributed by atoms with Gasteiger partial charge in [0, 0.05) is 42.5 Å². The lowest BCUT2D eigenvalue weighted by Gasteiger charge is -2.32. The third-order valence-electron chi connectivity index (χ3n) is 6.47. The lowest BCUT2D eigenvalue weighted by molar-refractivity contribution is 0.0664. The molecule has 4 N–H and O–H groups in total. The Bertz CT molecular complexity index is 1630. The van der Waals surface area contributed by atoms with Crippen LogP contribution in [0.4, 0.5) is 11.6 Å². The minimum Gasteiger partial charge on any atom is -0.412 e. The van der Waals surface area contributed by atoms with Gasteiger partial charge >= 0.3 is 0 Å². The van der Waals surface area contributed by atoms with E-state index in [2.05, 4.69) is 46.3 Å². The van der Waals surface area contributed by atoms with Crippen molar-refractivity contribution in [2.45, 2.75) is 13.8 Å². The number of likely N-dealkylation sites (N-methyl/N-ethyl adjacent to an activating group) is 1. The van der Waals surface area contributed by atoms with Gasteiger partial charge in [-0.3, -0.25) is 9.35 Å². The van der Waals surface area contributed by atoms with Crippen LogP contribution in [0.25, 0.3) is 22.2 Å². The summed E-state index contributed by atoms with van der Waals surface area (Å²) in [4.78, 5) is 21.6. The molecule has 0 unspecified atom stereocenters. The van der Waals surface area contributed by atoms with Gasteiger partial charge in [-0.2, -0.15) is 8.42 Å². The van der Waals surface area contributed by atoms with Crippen LogP contribution in [-0.4, -0.2) is 88.8 Å². The van der Waals surface area contributed by atoms with Gasteiger partial charge in [-0.05, 0) is 91.7 Å². The second-order valence-corrected chi connectivity index (χ2v) is 11.7. The average Bonchev–Trinajstić information content (AvgIpc) is 2.89. The van der Waals surface area contributed by atoms with Crippen molar-refractivity contribution >= 4 is 50.3 Å². The van der Waals surface area contributed by atoms with E-state index in [1.54, 1.807) is 0 Å². The van der Waals surface area contributed by atoms with Crippen LogP contribution in [0.1, 0.15) is 21.5 Å². The number of halogens is 1. The molecule has 0 atom stereocenters. The first-order valence-electron chi connectivity index (χ1n) is 12.6. The minimum absolute atomic E-state index is 0. The number of nitrogens with one attached hydrogen (secondary N) is 1. The van der Waals surface area contributed by atoms with Gasteiger partial charge in [0.2, 0.25) is 5.95 Å². The summed E-state index contributed by atoms with van der Waals surface area (Å²) in [5.74, 6) is 0.469. The van der Waals surface area contributed by atoms with E-state index in [0.717, 1.165) is 59.6 Å². The second-order valence-electron chi connectivity index (χ2n) is 9.78. The molecule has 13 heteroatoms. The monoisotopic (exact) mass is 600 g/mol. The lowest BCUT2D eigenvalue weighted by Crippen LogP contribution is -2.47. The van der Waals surface area contributed by atoms with Gasteiger partial charge in [0.25, 0.3) is 16.0 Å². The number of aromatic nitrogens is 3. The van der Waals surface area contributed by atoms with Gasteiger partial charge in [-0.15, -0.1) is 10.2 Å². The molecule has 41 heavy (non-hydrogen) atoms. The highest BCUT2D eigenvalue weighted by atomic mass is 35.5. The van der Waals surface area contributed by atoms with Crippen LogP contribution in [0.15, 0.2) is 54.6 Å². The number of benzene rings is 3. The molecule has 2 heterocycles. The number of aryl methyl sites for hydroxylation is 2. The van der Waals surface area contributed by atoms with E-state index in [1.165, 1.54) is 0 Å². The van der Waals surface area contributed by atoms with Crippen molar-refractivity contribution in [3.63, 3.8) is 0 Å². The molecule has 1 fully saturated rings. The van der Waals surface area contributed by atoms with Crippen molar-refractivity contribution in [2.24, 2.45) is 0 Å². The van der Waals surface area contributed by atoms with Crippen LogP contribution >= 0.6 is 11.6 Å². The number of carbonyl (C=O) groups is 1. The Hall–Kier alpha value is -3.68. The fourth-order valence-corrected chi connectivity index (χ4v) is 4.51. The third-order valence-corrected chi connectivity index (χ3v) is 6.70. The van der Waals surface area contributed by atoms with E-state index in [0.29, 0.717) is 28.3 Å². The highest BCUT2D eigenvalue weighted by molar-refractivity contribution is 7.85. The number of hydrogen-bond acceptors (Lipinski definition) is 8.